The Morgan fingerprint density at radius 3 is 2.92 bits per heavy atom. The fourth-order valence-electron chi connectivity index (χ4n) is 3.60. The molecule has 0 bridgehead atoms. The number of aromatic amines is 1. The molecule has 0 aliphatic carbocycles. The molecule has 0 unspecified atom stereocenters. The van der Waals surface area contributed by atoms with Crippen molar-refractivity contribution in [2.24, 2.45) is 7.05 Å². The molecule has 3 aromatic rings. The molecular weight excluding hydrogens is 326 g/mol. The van der Waals surface area contributed by atoms with Crippen molar-refractivity contribution in [1.82, 2.24) is 24.9 Å². The van der Waals surface area contributed by atoms with E-state index in [1.165, 1.54) is 0 Å². The van der Waals surface area contributed by atoms with Gasteiger partial charge < -0.3 is 4.90 Å². The molecule has 7 heteroatoms. The Kier molecular flexibility index (Phi) is 3.57. The summed E-state index contributed by atoms with van der Waals surface area (Å²) in [5.41, 5.74) is 3.16. The average molecular weight is 344 g/mol. The minimum atomic E-state index is -0.0609. The largest absolute Gasteiger partial charge is 0.330 e. The van der Waals surface area contributed by atoms with Crippen LogP contribution >= 0.6 is 11.6 Å². The van der Waals surface area contributed by atoms with Crippen molar-refractivity contribution in [1.29, 1.82) is 0 Å². The lowest BCUT2D eigenvalue weighted by atomic mass is 10.1. The number of benzene rings is 1. The summed E-state index contributed by atoms with van der Waals surface area (Å²) in [7, 11) is 1.82. The van der Waals surface area contributed by atoms with E-state index in [2.05, 4.69) is 15.3 Å². The van der Waals surface area contributed by atoms with E-state index in [-0.39, 0.29) is 11.9 Å². The second kappa shape index (κ2) is 5.63. The number of amides is 1. The van der Waals surface area contributed by atoms with Crippen molar-refractivity contribution in [3.8, 4) is 0 Å². The van der Waals surface area contributed by atoms with Crippen molar-refractivity contribution in [3.63, 3.8) is 0 Å². The van der Waals surface area contributed by atoms with Crippen LogP contribution in [-0.2, 0) is 7.05 Å². The number of hydrogen-bond donors (Lipinski definition) is 1. The van der Waals surface area contributed by atoms with E-state index in [0.29, 0.717) is 17.4 Å². The van der Waals surface area contributed by atoms with E-state index < -0.39 is 0 Å². The molecule has 4 rings (SSSR count). The van der Waals surface area contributed by atoms with E-state index in [1.807, 2.05) is 43.1 Å². The van der Waals surface area contributed by atoms with Crippen molar-refractivity contribution >= 4 is 28.4 Å². The maximum Gasteiger partial charge on any atom is 0.275 e. The van der Waals surface area contributed by atoms with Gasteiger partial charge in [-0.1, -0.05) is 29.8 Å². The van der Waals surface area contributed by atoms with E-state index in [4.69, 9.17) is 11.6 Å². The molecule has 1 atom stereocenters. The maximum absolute atomic E-state index is 13.1. The highest BCUT2D eigenvalue weighted by Crippen LogP contribution is 2.38. The second-order valence-electron chi connectivity index (χ2n) is 6.19. The average Bonchev–Trinajstić information content (AvgIpc) is 3.26. The highest BCUT2D eigenvalue weighted by molar-refractivity contribution is 6.30. The van der Waals surface area contributed by atoms with Crippen LogP contribution in [0.2, 0.25) is 5.15 Å². The number of likely N-dealkylation sites (tertiary alicyclic amines) is 1. The lowest BCUT2D eigenvalue weighted by Gasteiger charge is -2.24. The van der Waals surface area contributed by atoms with E-state index in [0.717, 1.165) is 35.0 Å². The fraction of sp³-hybridized carbons (Fsp3) is 0.353. The number of hydrogen-bond acceptors (Lipinski definition) is 3. The molecule has 1 fully saturated rings. The van der Waals surface area contributed by atoms with Crippen molar-refractivity contribution in [2.45, 2.75) is 25.8 Å². The third-order valence-electron chi connectivity index (χ3n) is 4.72. The Morgan fingerprint density at radius 1 is 1.38 bits per heavy atom. The summed E-state index contributed by atoms with van der Waals surface area (Å²) in [5.74, 6) is -0.0609. The van der Waals surface area contributed by atoms with Crippen LogP contribution in [0.15, 0.2) is 24.3 Å². The summed E-state index contributed by atoms with van der Waals surface area (Å²) in [4.78, 5) is 15.0. The molecule has 0 saturated carbocycles. The predicted molar refractivity (Wildman–Crippen MR) is 92.1 cm³/mol. The Hall–Kier alpha value is -2.34. The minimum Gasteiger partial charge on any atom is -0.330 e. The zero-order chi connectivity index (χ0) is 16.8. The van der Waals surface area contributed by atoms with Gasteiger partial charge in [0.1, 0.15) is 5.15 Å². The van der Waals surface area contributed by atoms with Crippen LogP contribution in [0.4, 0.5) is 0 Å². The first-order valence-electron chi connectivity index (χ1n) is 8.01. The molecule has 3 heterocycles. The number of nitrogens with one attached hydrogen (secondary N) is 1. The van der Waals surface area contributed by atoms with Gasteiger partial charge in [0.05, 0.1) is 17.3 Å². The fourth-order valence-corrected chi connectivity index (χ4v) is 3.90. The van der Waals surface area contributed by atoms with Crippen LogP contribution in [0.3, 0.4) is 0 Å². The van der Waals surface area contributed by atoms with Gasteiger partial charge in [-0.05, 0) is 25.8 Å². The summed E-state index contributed by atoms with van der Waals surface area (Å²) in [6.45, 7) is 2.64. The van der Waals surface area contributed by atoms with Crippen molar-refractivity contribution in [2.75, 3.05) is 6.54 Å². The number of carbonyl (C=O) groups is 1. The smallest absolute Gasteiger partial charge is 0.275 e. The minimum absolute atomic E-state index is 0.0471. The SMILES string of the molecule is Cc1nn(C)c(Cl)c1[C@@H]1CCCN1C(=O)c1n[nH]c2ccccc12. The molecule has 1 N–H and O–H groups in total. The quantitative estimate of drug-likeness (QED) is 0.776. The number of aryl methyl sites for hydroxylation is 2. The molecule has 1 saturated heterocycles. The zero-order valence-corrected chi connectivity index (χ0v) is 14.3. The van der Waals surface area contributed by atoms with Crippen molar-refractivity contribution < 1.29 is 4.79 Å². The molecule has 2 aromatic heterocycles. The van der Waals surface area contributed by atoms with Gasteiger partial charge in [-0.3, -0.25) is 14.6 Å². The number of carbonyl (C=O) groups excluding carboxylic acids is 1. The van der Waals surface area contributed by atoms with Crippen molar-refractivity contribution in [3.05, 3.63) is 46.4 Å². The second-order valence-corrected chi connectivity index (χ2v) is 6.55. The molecule has 0 spiro atoms. The predicted octanol–water partition coefficient (Wildman–Crippen LogP) is 3.24. The third kappa shape index (κ3) is 2.21. The maximum atomic E-state index is 13.1. The highest BCUT2D eigenvalue weighted by Gasteiger charge is 2.35. The van der Waals surface area contributed by atoms with Gasteiger partial charge in [-0.15, -0.1) is 0 Å². The molecule has 1 amide bonds. The first-order chi connectivity index (χ1) is 11.6. The summed E-state index contributed by atoms with van der Waals surface area (Å²) in [5, 5.41) is 13.0. The number of fused-ring (bicyclic) bond motifs is 1. The normalized spacial score (nSPS) is 17.8. The Morgan fingerprint density at radius 2 is 2.17 bits per heavy atom. The van der Waals surface area contributed by atoms with Gasteiger partial charge in [-0.25, -0.2) is 0 Å². The molecule has 1 aliphatic rings. The van der Waals surface area contributed by atoms with E-state index in [9.17, 15) is 4.79 Å². The van der Waals surface area contributed by atoms with Gasteiger partial charge in [-0.2, -0.15) is 10.2 Å². The Balaban J connectivity index is 1.74. The summed E-state index contributed by atoms with van der Waals surface area (Å²) in [6, 6.07) is 7.63. The van der Waals surface area contributed by atoms with E-state index >= 15 is 0 Å². The van der Waals surface area contributed by atoms with Crippen LogP contribution in [0, 0.1) is 6.92 Å². The number of aromatic nitrogens is 4. The molecule has 1 aliphatic heterocycles. The number of H-pyrrole nitrogens is 1. The van der Waals surface area contributed by atoms with Crippen LogP contribution in [0.25, 0.3) is 10.9 Å². The number of rotatable bonds is 2. The number of halogens is 1. The summed E-state index contributed by atoms with van der Waals surface area (Å²) in [6.07, 6.45) is 1.84. The van der Waals surface area contributed by atoms with Gasteiger partial charge in [0.15, 0.2) is 5.69 Å². The third-order valence-corrected chi connectivity index (χ3v) is 5.16. The topological polar surface area (TPSA) is 66.8 Å². The standard InChI is InChI=1S/C17H18ClN5O/c1-10-14(16(18)22(2)21-10)13-8-5-9-23(13)17(24)15-11-6-3-4-7-12(11)19-20-15/h3-4,6-7,13H,5,8-9H2,1-2H3,(H,19,20)/t13-/m0/s1. The van der Waals surface area contributed by atoms with E-state index in [1.54, 1.807) is 4.68 Å². The lowest BCUT2D eigenvalue weighted by molar-refractivity contribution is 0.0731. The summed E-state index contributed by atoms with van der Waals surface area (Å²) < 4.78 is 1.66. The molecule has 0 radical (unpaired) electrons. The van der Waals surface area contributed by atoms with Gasteiger partial charge in [0, 0.05) is 24.5 Å². The summed E-state index contributed by atoms with van der Waals surface area (Å²) >= 11 is 6.42. The van der Waals surface area contributed by atoms with Crippen LogP contribution < -0.4 is 0 Å². The van der Waals surface area contributed by atoms with Gasteiger partial charge >= 0.3 is 0 Å². The molecular formula is C17H18ClN5O. The Labute approximate surface area is 144 Å². The molecule has 124 valence electrons. The van der Waals surface area contributed by atoms with Crippen LogP contribution in [0.5, 0.6) is 0 Å². The lowest BCUT2D eigenvalue weighted by Crippen LogP contribution is -2.31. The van der Waals surface area contributed by atoms with Crippen LogP contribution in [0.1, 0.15) is 40.6 Å². The van der Waals surface area contributed by atoms with Gasteiger partial charge in [0.2, 0.25) is 0 Å². The highest BCUT2D eigenvalue weighted by atomic mass is 35.5. The Bertz CT molecular complexity index is 928. The molecule has 1 aromatic carbocycles. The monoisotopic (exact) mass is 343 g/mol. The number of nitrogens with zero attached hydrogens (tertiary/aromatic N) is 4. The first kappa shape index (κ1) is 15.2. The van der Waals surface area contributed by atoms with Crippen LogP contribution in [-0.4, -0.2) is 37.3 Å². The molecule has 24 heavy (non-hydrogen) atoms. The first-order valence-corrected chi connectivity index (χ1v) is 8.39. The molecule has 6 nitrogen and oxygen atoms in total. The zero-order valence-electron chi connectivity index (χ0n) is 13.6. The number of para-hydroxylation sites is 1. The van der Waals surface area contributed by atoms with Gasteiger partial charge in [0.25, 0.3) is 5.91 Å².